The minimum absolute atomic E-state index is 0.311. The van der Waals surface area contributed by atoms with Crippen LogP contribution in [0.1, 0.15) is 18.4 Å². The number of hydrogen-bond acceptors (Lipinski definition) is 4. The molecule has 3 rings (SSSR count). The van der Waals surface area contributed by atoms with Crippen molar-refractivity contribution in [2.45, 2.75) is 19.4 Å². The smallest absolute Gasteiger partial charge is 0.222 e. The summed E-state index contributed by atoms with van der Waals surface area (Å²) in [5, 5.41) is 12.8. The Labute approximate surface area is 131 Å². The molecule has 1 aromatic carbocycles. The van der Waals surface area contributed by atoms with Crippen LogP contribution in [0.25, 0.3) is 0 Å². The molecule has 5 nitrogen and oxygen atoms in total. The molecule has 22 heavy (non-hydrogen) atoms. The predicted molar refractivity (Wildman–Crippen MR) is 85.6 cm³/mol. The molecule has 0 aromatic heterocycles. The van der Waals surface area contributed by atoms with Gasteiger partial charge >= 0.3 is 0 Å². The first kappa shape index (κ1) is 15.3. The van der Waals surface area contributed by atoms with Crippen LogP contribution in [-0.4, -0.2) is 60.1 Å². The molecule has 1 aromatic rings. The van der Waals surface area contributed by atoms with Crippen LogP contribution >= 0.6 is 0 Å². The highest BCUT2D eigenvalue weighted by atomic mass is 16.3. The number of carbonyl (C=O) groups is 1. The molecule has 5 heteroatoms. The van der Waals surface area contributed by atoms with Gasteiger partial charge in [-0.1, -0.05) is 12.1 Å². The number of amides is 1. The van der Waals surface area contributed by atoms with Crippen LogP contribution in [0.3, 0.4) is 0 Å². The Morgan fingerprint density at radius 3 is 2.77 bits per heavy atom. The Morgan fingerprint density at radius 2 is 2.09 bits per heavy atom. The van der Waals surface area contributed by atoms with Gasteiger partial charge in [-0.15, -0.1) is 0 Å². The molecular weight excluding hydrogens is 278 g/mol. The summed E-state index contributed by atoms with van der Waals surface area (Å²) in [6.45, 7) is 6.33. The van der Waals surface area contributed by atoms with Crippen molar-refractivity contribution in [1.29, 1.82) is 0 Å². The van der Waals surface area contributed by atoms with Crippen molar-refractivity contribution in [2.24, 2.45) is 5.92 Å². The third kappa shape index (κ3) is 3.99. The molecule has 2 saturated heterocycles. The summed E-state index contributed by atoms with van der Waals surface area (Å²) in [6.07, 6.45) is 1.82. The average molecular weight is 303 g/mol. The maximum Gasteiger partial charge on any atom is 0.222 e. The molecule has 0 bridgehead atoms. The number of hydrogen-bond donors (Lipinski definition) is 2. The molecule has 2 N–H and O–H groups in total. The average Bonchev–Trinajstić information content (AvgIpc) is 3.01. The molecule has 1 unspecified atom stereocenters. The van der Waals surface area contributed by atoms with Crippen LogP contribution in [-0.2, 0) is 11.3 Å². The van der Waals surface area contributed by atoms with E-state index in [2.05, 4.69) is 10.2 Å². The number of phenolic OH excluding ortho intramolecular Hbond substituents is 1. The molecule has 120 valence electrons. The Hall–Kier alpha value is -1.59. The van der Waals surface area contributed by atoms with E-state index in [1.54, 1.807) is 6.07 Å². The summed E-state index contributed by atoms with van der Waals surface area (Å²) in [5.74, 6) is 1.15. The van der Waals surface area contributed by atoms with Gasteiger partial charge in [-0.2, -0.15) is 0 Å². The Balaban J connectivity index is 1.44. The van der Waals surface area contributed by atoms with Crippen LogP contribution in [0.4, 0.5) is 0 Å². The van der Waals surface area contributed by atoms with E-state index in [1.165, 1.54) is 0 Å². The minimum Gasteiger partial charge on any atom is -0.508 e. The molecule has 0 aliphatic carbocycles. The van der Waals surface area contributed by atoms with Crippen LogP contribution in [0.5, 0.6) is 5.75 Å². The lowest BCUT2D eigenvalue weighted by atomic mass is 10.0. The molecule has 1 amide bonds. The van der Waals surface area contributed by atoms with Crippen LogP contribution < -0.4 is 5.32 Å². The van der Waals surface area contributed by atoms with E-state index in [9.17, 15) is 9.90 Å². The highest BCUT2D eigenvalue weighted by Crippen LogP contribution is 2.17. The standard InChI is InChI=1S/C17H25N3O2/c21-16-3-1-2-15(10-16)13-19-6-8-20(9-7-19)17(22)11-14-4-5-18-12-14/h1-3,10,14,18,21H,4-9,11-13H2. The maximum atomic E-state index is 12.3. The second-order valence-corrected chi connectivity index (χ2v) is 6.39. The van der Waals surface area contributed by atoms with Gasteiger partial charge in [0.2, 0.25) is 5.91 Å². The zero-order valence-corrected chi connectivity index (χ0v) is 13.0. The van der Waals surface area contributed by atoms with E-state index in [-0.39, 0.29) is 0 Å². The number of carbonyl (C=O) groups excluding carboxylic acids is 1. The fourth-order valence-corrected chi connectivity index (χ4v) is 3.33. The second kappa shape index (κ2) is 7.11. The summed E-state index contributed by atoms with van der Waals surface area (Å²) in [5.41, 5.74) is 1.12. The van der Waals surface area contributed by atoms with E-state index < -0.39 is 0 Å². The van der Waals surface area contributed by atoms with Crippen molar-refractivity contribution in [3.63, 3.8) is 0 Å². The van der Waals surface area contributed by atoms with Crippen LogP contribution in [0.15, 0.2) is 24.3 Å². The molecule has 2 heterocycles. The van der Waals surface area contributed by atoms with E-state index in [1.807, 2.05) is 23.1 Å². The number of piperazine rings is 1. The van der Waals surface area contributed by atoms with E-state index in [4.69, 9.17) is 0 Å². The van der Waals surface area contributed by atoms with Gasteiger partial charge in [0, 0.05) is 39.1 Å². The third-order valence-corrected chi connectivity index (χ3v) is 4.67. The lowest BCUT2D eigenvalue weighted by Crippen LogP contribution is -2.48. The van der Waals surface area contributed by atoms with Gasteiger partial charge in [-0.3, -0.25) is 9.69 Å². The highest BCUT2D eigenvalue weighted by molar-refractivity contribution is 5.76. The van der Waals surface area contributed by atoms with Gasteiger partial charge in [0.15, 0.2) is 0 Å². The third-order valence-electron chi connectivity index (χ3n) is 4.67. The summed E-state index contributed by atoms with van der Waals surface area (Å²) in [4.78, 5) is 16.7. The predicted octanol–water partition coefficient (Wildman–Crippen LogP) is 1.04. The molecular formula is C17H25N3O2. The van der Waals surface area contributed by atoms with Gasteiger partial charge in [-0.05, 0) is 43.1 Å². The number of nitrogens with zero attached hydrogens (tertiary/aromatic N) is 2. The number of rotatable bonds is 4. The van der Waals surface area contributed by atoms with E-state index in [0.29, 0.717) is 24.0 Å². The topological polar surface area (TPSA) is 55.8 Å². The zero-order valence-electron chi connectivity index (χ0n) is 13.0. The minimum atomic E-state index is 0.311. The molecule has 1 atom stereocenters. The lowest BCUT2D eigenvalue weighted by molar-refractivity contribution is -0.133. The first-order chi connectivity index (χ1) is 10.7. The zero-order chi connectivity index (χ0) is 15.4. The van der Waals surface area contributed by atoms with E-state index >= 15 is 0 Å². The van der Waals surface area contributed by atoms with Crippen molar-refractivity contribution in [1.82, 2.24) is 15.1 Å². The van der Waals surface area contributed by atoms with Gasteiger partial charge in [-0.25, -0.2) is 0 Å². The quantitative estimate of drug-likeness (QED) is 0.872. The maximum absolute atomic E-state index is 12.3. The fraction of sp³-hybridized carbons (Fsp3) is 0.588. The Bertz CT molecular complexity index is 506. The monoisotopic (exact) mass is 303 g/mol. The summed E-state index contributed by atoms with van der Waals surface area (Å²) >= 11 is 0. The normalized spacial score (nSPS) is 22.9. The molecule has 2 aliphatic rings. The fourth-order valence-electron chi connectivity index (χ4n) is 3.33. The number of benzene rings is 1. The molecule has 0 saturated carbocycles. The molecule has 2 aliphatic heterocycles. The van der Waals surface area contributed by atoms with Gasteiger partial charge < -0.3 is 15.3 Å². The number of phenols is 1. The lowest BCUT2D eigenvalue weighted by Gasteiger charge is -2.35. The van der Waals surface area contributed by atoms with Crippen LogP contribution in [0, 0.1) is 5.92 Å². The highest BCUT2D eigenvalue weighted by Gasteiger charge is 2.24. The molecule has 0 radical (unpaired) electrons. The van der Waals surface area contributed by atoms with Crippen molar-refractivity contribution < 1.29 is 9.90 Å². The van der Waals surface area contributed by atoms with Crippen molar-refractivity contribution in [2.75, 3.05) is 39.3 Å². The summed E-state index contributed by atoms with van der Waals surface area (Å²) in [6, 6.07) is 7.41. The second-order valence-electron chi connectivity index (χ2n) is 6.39. The SMILES string of the molecule is O=C(CC1CCNC1)N1CCN(Cc2cccc(O)c2)CC1. The number of aromatic hydroxyl groups is 1. The van der Waals surface area contributed by atoms with Gasteiger partial charge in [0.25, 0.3) is 0 Å². The largest absolute Gasteiger partial charge is 0.508 e. The number of nitrogens with one attached hydrogen (secondary N) is 1. The first-order valence-electron chi connectivity index (χ1n) is 8.19. The van der Waals surface area contributed by atoms with Crippen molar-refractivity contribution >= 4 is 5.91 Å². The van der Waals surface area contributed by atoms with Crippen LogP contribution in [0.2, 0.25) is 0 Å². The van der Waals surface area contributed by atoms with Gasteiger partial charge in [0.05, 0.1) is 0 Å². The van der Waals surface area contributed by atoms with Crippen molar-refractivity contribution in [3.8, 4) is 5.75 Å². The Kier molecular flexibility index (Phi) is 4.95. The van der Waals surface area contributed by atoms with Crippen molar-refractivity contribution in [3.05, 3.63) is 29.8 Å². The summed E-state index contributed by atoms with van der Waals surface area (Å²) < 4.78 is 0. The summed E-state index contributed by atoms with van der Waals surface area (Å²) in [7, 11) is 0. The first-order valence-corrected chi connectivity index (χ1v) is 8.19. The van der Waals surface area contributed by atoms with E-state index in [0.717, 1.165) is 57.8 Å². The molecule has 0 spiro atoms. The van der Waals surface area contributed by atoms with Gasteiger partial charge in [0.1, 0.15) is 5.75 Å². The Morgan fingerprint density at radius 1 is 1.27 bits per heavy atom. The molecule has 2 fully saturated rings.